The first-order chi connectivity index (χ1) is 26.2. The number of fused-ring (bicyclic) bond motifs is 7. The van der Waals surface area contributed by atoms with Crippen LogP contribution in [0.25, 0.3) is 104 Å². The molecule has 0 fully saturated rings. The quantitative estimate of drug-likeness (QED) is 0.179. The van der Waals surface area contributed by atoms with Crippen LogP contribution in [-0.2, 0) is 0 Å². The van der Waals surface area contributed by atoms with Gasteiger partial charge in [-0.25, -0.2) is 19.9 Å². The van der Waals surface area contributed by atoms with E-state index in [0.717, 1.165) is 38.2 Å². The zero-order valence-electron chi connectivity index (χ0n) is 28.1. The molecular weight excluding hydrogens is 671 g/mol. The summed E-state index contributed by atoms with van der Waals surface area (Å²) in [5.74, 6) is 2.38. The Morgan fingerprint density at radius 3 is 1.85 bits per heavy atom. The molecule has 0 amide bonds. The maximum atomic E-state index is 6.42. The zero-order chi connectivity index (χ0) is 34.9. The monoisotopic (exact) mass is 697 g/mol. The lowest BCUT2D eigenvalue weighted by atomic mass is 10.1. The van der Waals surface area contributed by atoms with E-state index >= 15 is 0 Å². The van der Waals surface area contributed by atoms with E-state index in [2.05, 4.69) is 120 Å². The van der Waals surface area contributed by atoms with Gasteiger partial charge < -0.3 is 8.98 Å². The summed E-state index contributed by atoms with van der Waals surface area (Å²) in [5.41, 5.74) is 8.49. The fourth-order valence-corrected chi connectivity index (χ4v) is 8.62. The van der Waals surface area contributed by atoms with Crippen LogP contribution in [0, 0.1) is 0 Å². The van der Waals surface area contributed by atoms with Gasteiger partial charge in [0.1, 0.15) is 5.52 Å². The van der Waals surface area contributed by atoms with Gasteiger partial charge in [0, 0.05) is 58.9 Å². The normalized spacial score (nSPS) is 11.8. The Hall–Kier alpha value is -6.96. The summed E-state index contributed by atoms with van der Waals surface area (Å²) < 4.78 is 11.1. The van der Waals surface area contributed by atoms with E-state index in [1.807, 2.05) is 48.5 Å². The van der Waals surface area contributed by atoms with Gasteiger partial charge in [0.15, 0.2) is 23.1 Å². The van der Waals surface area contributed by atoms with Crippen LogP contribution in [0.2, 0.25) is 0 Å². The van der Waals surface area contributed by atoms with Crippen molar-refractivity contribution in [3.8, 4) is 51.3 Å². The molecule has 0 bridgehead atoms. The van der Waals surface area contributed by atoms with Crippen LogP contribution in [0.4, 0.5) is 0 Å². The number of nitrogens with zero attached hydrogens (tertiary/aromatic N) is 5. The minimum Gasteiger partial charge on any atom is -0.436 e. The molecule has 0 spiro atoms. The Bertz CT molecular complexity index is 3120. The molecule has 11 aromatic rings. The molecule has 0 radical (unpaired) electrons. The average molecular weight is 698 g/mol. The lowest BCUT2D eigenvalue weighted by Gasteiger charge is -2.09. The zero-order valence-corrected chi connectivity index (χ0v) is 29.0. The van der Waals surface area contributed by atoms with E-state index in [1.54, 1.807) is 11.3 Å². The second-order valence-electron chi connectivity index (χ2n) is 13.1. The summed E-state index contributed by atoms with van der Waals surface area (Å²) in [7, 11) is 0. The average Bonchev–Trinajstić information content (AvgIpc) is 3.93. The number of para-hydroxylation sites is 2. The van der Waals surface area contributed by atoms with Crippen LogP contribution in [0.1, 0.15) is 0 Å². The van der Waals surface area contributed by atoms with Crippen molar-refractivity contribution in [1.82, 2.24) is 24.5 Å². The molecule has 0 aliphatic heterocycles. The molecule has 4 heterocycles. The largest absolute Gasteiger partial charge is 0.436 e. The molecule has 53 heavy (non-hydrogen) atoms. The minimum absolute atomic E-state index is 0.559. The van der Waals surface area contributed by atoms with Gasteiger partial charge in [-0.15, -0.1) is 11.3 Å². The van der Waals surface area contributed by atoms with Crippen molar-refractivity contribution in [2.24, 2.45) is 0 Å². The molecule has 0 aliphatic carbocycles. The Morgan fingerprint density at radius 2 is 1.08 bits per heavy atom. The molecule has 0 aliphatic rings. The fourth-order valence-electron chi connectivity index (χ4n) is 7.41. The van der Waals surface area contributed by atoms with E-state index in [1.165, 1.54) is 37.3 Å². The summed E-state index contributed by atoms with van der Waals surface area (Å²) in [5, 5.41) is 4.91. The Kier molecular flexibility index (Phi) is 6.62. The number of oxazole rings is 1. The maximum Gasteiger partial charge on any atom is 0.227 e. The smallest absolute Gasteiger partial charge is 0.227 e. The van der Waals surface area contributed by atoms with E-state index < -0.39 is 0 Å². The summed E-state index contributed by atoms with van der Waals surface area (Å²) in [6.07, 6.45) is 0. The molecule has 248 valence electrons. The molecule has 0 unspecified atom stereocenters. The van der Waals surface area contributed by atoms with E-state index in [9.17, 15) is 0 Å². The third-order valence-electron chi connectivity index (χ3n) is 9.91. The molecule has 4 aromatic heterocycles. The van der Waals surface area contributed by atoms with E-state index in [0.29, 0.717) is 28.9 Å². The number of hydrogen-bond donors (Lipinski definition) is 0. The van der Waals surface area contributed by atoms with Gasteiger partial charge in [-0.05, 0) is 66.7 Å². The van der Waals surface area contributed by atoms with Crippen molar-refractivity contribution in [3.63, 3.8) is 0 Å². The molecule has 0 N–H and O–H groups in total. The van der Waals surface area contributed by atoms with Crippen LogP contribution >= 0.6 is 11.3 Å². The summed E-state index contributed by atoms with van der Waals surface area (Å²) >= 11 is 1.76. The van der Waals surface area contributed by atoms with Gasteiger partial charge >= 0.3 is 0 Å². The molecule has 6 nitrogen and oxygen atoms in total. The highest BCUT2D eigenvalue weighted by Crippen LogP contribution is 2.40. The van der Waals surface area contributed by atoms with Gasteiger partial charge in [0.2, 0.25) is 5.89 Å². The molecule has 11 rings (SSSR count). The van der Waals surface area contributed by atoms with Gasteiger partial charge in [0.05, 0.1) is 11.0 Å². The Morgan fingerprint density at radius 1 is 0.453 bits per heavy atom. The van der Waals surface area contributed by atoms with E-state index in [-0.39, 0.29) is 0 Å². The summed E-state index contributed by atoms with van der Waals surface area (Å²) in [4.78, 5) is 20.0. The highest BCUT2D eigenvalue weighted by atomic mass is 32.1. The molecule has 0 saturated carbocycles. The van der Waals surface area contributed by atoms with Gasteiger partial charge in [0.25, 0.3) is 0 Å². The number of aromatic nitrogens is 5. The predicted molar refractivity (Wildman–Crippen MR) is 216 cm³/mol. The minimum atomic E-state index is 0.559. The van der Waals surface area contributed by atoms with Crippen LogP contribution in [0.15, 0.2) is 168 Å². The second kappa shape index (κ2) is 11.8. The van der Waals surface area contributed by atoms with Crippen molar-refractivity contribution in [3.05, 3.63) is 164 Å². The molecule has 0 saturated heterocycles. The summed E-state index contributed by atoms with van der Waals surface area (Å²) in [6, 6.07) is 56.4. The lowest BCUT2D eigenvalue weighted by molar-refractivity contribution is 0.620. The van der Waals surface area contributed by atoms with Crippen molar-refractivity contribution in [2.45, 2.75) is 0 Å². The van der Waals surface area contributed by atoms with Crippen molar-refractivity contribution in [1.29, 1.82) is 0 Å². The van der Waals surface area contributed by atoms with Gasteiger partial charge in [-0.3, -0.25) is 0 Å². The fraction of sp³-hybridized carbons (Fsp3) is 0. The number of hydrogen-bond acceptors (Lipinski definition) is 6. The molecule has 0 atom stereocenters. The second-order valence-corrected chi connectivity index (χ2v) is 14.1. The number of benzene rings is 7. The van der Waals surface area contributed by atoms with E-state index in [4.69, 9.17) is 24.4 Å². The number of rotatable bonds is 5. The standard InChI is InChI=1S/C46H27N5OS/c1-2-11-28(12-3-1)43-48-44(50-45(49-43)36-17-10-16-35-34-15-6-9-20-41(34)53-42(35)36)30-23-26-37-40(27-30)52-46(47-37)29-21-24-31(25-22-29)51-38-18-7-4-13-32(38)33-14-5-8-19-39(33)51/h1-27H. The first kappa shape index (κ1) is 29.7. The lowest BCUT2D eigenvalue weighted by Crippen LogP contribution is -2.00. The topological polar surface area (TPSA) is 69.6 Å². The van der Waals surface area contributed by atoms with Crippen LogP contribution in [0.3, 0.4) is 0 Å². The van der Waals surface area contributed by atoms with Crippen molar-refractivity contribution >= 4 is 64.4 Å². The van der Waals surface area contributed by atoms with Crippen LogP contribution in [-0.4, -0.2) is 24.5 Å². The Balaban J connectivity index is 0.997. The van der Waals surface area contributed by atoms with Crippen molar-refractivity contribution in [2.75, 3.05) is 0 Å². The van der Waals surface area contributed by atoms with Crippen LogP contribution < -0.4 is 0 Å². The summed E-state index contributed by atoms with van der Waals surface area (Å²) in [6.45, 7) is 0. The molecular formula is C46H27N5OS. The maximum absolute atomic E-state index is 6.42. The molecule has 7 aromatic carbocycles. The first-order valence-corrected chi connectivity index (χ1v) is 18.3. The van der Waals surface area contributed by atoms with Crippen molar-refractivity contribution < 1.29 is 4.42 Å². The van der Waals surface area contributed by atoms with Crippen LogP contribution in [0.5, 0.6) is 0 Å². The third kappa shape index (κ3) is 4.86. The van der Waals surface area contributed by atoms with Gasteiger partial charge in [-0.2, -0.15) is 0 Å². The number of thiophene rings is 1. The molecule has 7 heteroatoms. The van der Waals surface area contributed by atoms with Gasteiger partial charge in [-0.1, -0.05) is 97.1 Å². The predicted octanol–water partition coefficient (Wildman–Crippen LogP) is 12.1. The third-order valence-corrected chi connectivity index (χ3v) is 11.1. The highest BCUT2D eigenvalue weighted by molar-refractivity contribution is 7.26. The highest BCUT2D eigenvalue weighted by Gasteiger charge is 2.18. The SMILES string of the molecule is c1ccc(-c2nc(-c3ccc4nc(-c5ccc(-n6c7ccccc7c7ccccc76)cc5)oc4c3)nc(-c3cccc4c3sc3ccccc34)n2)cc1. The Labute approximate surface area is 307 Å². The first-order valence-electron chi connectivity index (χ1n) is 17.5.